The Balaban J connectivity index is 2.18. The highest BCUT2D eigenvalue weighted by Gasteiger charge is 2.16. The number of aliphatic hydroxyl groups excluding tert-OH is 1. The van der Waals surface area contributed by atoms with Crippen LogP contribution < -0.4 is 11.3 Å². The zero-order valence-electron chi connectivity index (χ0n) is 8.11. The van der Waals surface area contributed by atoms with E-state index in [1.165, 1.54) is 0 Å². The molecule has 6 nitrogen and oxygen atoms in total. The highest BCUT2D eigenvalue weighted by Crippen LogP contribution is 2.00. The van der Waals surface area contributed by atoms with Crippen LogP contribution in [0.15, 0.2) is 0 Å². The Hall–Kier alpha value is -0.690. The summed E-state index contributed by atoms with van der Waals surface area (Å²) in [7, 11) is 0. The van der Waals surface area contributed by atoms with Crippen LogP contribution in [0, 0.1) is 0 Å². The Bertz CT molecular complexity index is 183. The summed E-state index contributed by atoms with van der Waals surface area (Å²) in [5.74, 6) is 4.57. The Morgan fingerprint density at radius 3 is 2.79 bits per heavy atom. The van der Waals surface area contributed by atoms with Crippen LogP contribution >= 0.6 is 0 Å². The summed E-state index contributed by atoms with van der Waals surface area (Å²) in [5, 5.41) is 9.50. The quantitative estimate of drug-likeness (QED) is 0.281. The number of hydrogen-bond donors (Lipinski definition) is 3. The highest BCUT2D eigenvalue weighted by molar-refractivity contribution is 5.75. The molecular formula is C8H17N3O3. The first kappa shape index (κ1) is 11.4. The molecule has 1 saturated heterocycles. The summed E-state index contributed by atoms with van der Waals surface area (Å²) >= 11 is 0. The van der Waals surface area contributed by atoms with E-state index >= 15 is 0 Å². The topological polar surface area (TPSA) is 87.8 Å². The van der Waals surface area contributed by atoms with E-state index in [0.29, 0.717) is 19.8 Å². The number of carbonyl (C=O) groups excluding carboxylic acids is 1. The maximum Gasteiger partial charge on any atom is 0.236 e. The lowest BCUT2D eigenvalue weighted by Crippen LogP contribution is -2.42. The fraction of sp³-hybridized carbons (Fsp3) is 0.875. The van der Waals surface area contributed by atoms with E-state index in [2.05, 4.69) is 4.90 Å². The van der Waals surface area contributed by atoms with Crippen molar-refractivity contribution in [2.75, 3.05) is 32.8 Å². The lowest BCUT2D eigenvalue weighted by atomic mass is 10.2. The molecule has 0 unspecified atom stereocenters. The normalized spacial score (nSPS) is 20.4. The van der Waals surface area contributed by atoms with E-state index in [0.717, 1.165) is 13.1 Å². The van der Waals surface area contributed by atoms with Gasteiger partial charge in [-0.05, 0) is 0 Å². The van der Waals surface area contributed by atoms with E-state index in [4.69, 9.17) is 10.6 Å². The third-order valence-corrected chi connectivity index (χ3v) is 2.15. The van der Waals surface area contributed by atoms with Gasteiger partial charge in [0.15, 0.2) is 0 Å². The largest absolute Gasteiger partial charge is 0.391 e. The van der Waals surface area contributed by atoms with Gasteiger partial charge in [0.25, 0.3) is 0 Å². The lowest BCUT2D eigenvalue weighted by Gasteiger charge is -2.28. The van der Waals surface area contributed by atoms with Crippen molar-refractivity contribution >= 4 is 5.91 Å². The van der Waals surface area contributed by atoms with Gasteiger partial charge < -0.3 is 9.84 Å². The molecule has 0 aliphatic carbocycles. The first-order valence-electron chi connectivity index (χ1n) is 4.70. The van der Waals surface area contributed by atoms with Crippen LogP contribution in [0.4, 0.5) is 0 Å². The molecule has 6 heteroatoms. The van der Waals surface area contributed by atoms with Gasteiger partial charge in [-0.1, -0.05) is 0 Å². The molecule has 1 aliphatic rings. The third-order valence-electron chi connectivity index (χ3n) is 2.15. The molecule has 0 spiro atoms. The molecule has 0 aromatic heterocycles. The number of amides is 1. The zero-order chi connectivity index (χ0) is 10.4. The minimum absolute atomic E-state index is 0.0495. The molecule has 14 heavy (non-hydrogen) atoms. The number of nitrogens with zero attached hydrogens (tertiary/aromatic N) is 1. The fourth-order valence-corrected chi connectivity index (χ4v) is 1.42. The number of β-amino-alcohol motifs (C(OH)–C–C–N with tert-alkyl or cyclic N) is 1. The Morgan fingerprint density at radius 2 is 2.21 bits per heavy atom. The van der Waals surface area contributed by atoms with E-state index in [9.17, 15) is 9.90 Å². The van der Waals surface area contributed by atoms with Gasteiger partial charge in [0.2, 0.25) is 5.91 Å². The van der Waals surface area contributed by atoms with Crippen LogP contribution in [0.2, 0.25) is 0 Å². The molecule has 0 aromatic carbocycles. The Kier molecular flexibility index (Phi) is 4.81. The minimum Gasteiger partial charge on any atom is -0.391 e. The SMILES string of the molecule is NNC(=O)C[C@H](O)CN1CCOCC1. The van der Waals surface area contributed by atoms with Gasteiger partial charge in [-0.15, -0.1) is 0 Å². The molecule has 0 bridgehead atoms. The molecule has 1 fully saturated rings. The van der Waals surface area contributed by atoms with E-state index < -0.39 is 6.10 Å². The zero-order valence-corrected chi connectivity index (χ0v) is 8.11. The molecule has 0 radical (unpaired) electrons. The van der Waals surface area contributed by atoms with Gasteiger partial charge in [0, 0.05) is 19.6 Å². The van der Waals surface area contributed by atoms with Crippen LogP contribution in [0.25, 0.3) is 0 Å². The Labute approximate surface area is 83.0 Å². The van der Waals surface area contributed by atoms with Gasteiger partial charge in [0.1, 0.15) is 0 Å². The van der Waals surface area contributed by atoms with Crippen molar-refractivity contribution in [2.45, 2.75) is 12.5 Å². The number of morpholine rings is 1. The molecule has 1 heterocycles. The van der Waals surface area contributed by atoms with Crippen molar-refractivity contribution in [1.82, 2.24) is 10.3 Å². The predicted molar refractivity (Wildman–Crippen MR) is 50.2 cm³/mol. The number of hydrogen-bond acceptors (Lipinski definition) is 5. The summed E-state index contributed by atoms with van der Waals surface area (Å²) in [4.78, 5) is 12.9. The number of nitrogens with one attached hydrogen (secondary N) is 1. The number of nitrogens with two attached hydrogens (primary N) is 1. The van der Waals surface area contributed by atoms with Crippen molar-refractivity contribution in [1.29, 1.82) is 0 Å². The first-order chi connectivity index (χ1) is 6.72. The molecule has 1 aliphatic heterocycles. The van der Waals surface area contributed by atoms with Gasteiger partial charge >= 0.3 is 0 Å². The average Bonchev–Trinajstić information content (AvgIpc) is 2.19. The molecule has 1 amide bonds. The van der Waals surface area contributed by atoms with Gasteiger partial charge in [-0.2, -0.15) is 0 Å². The average molecular weight is 203 g/mol. The first-order valence-corrected chi connectivity index (χ1v) is 4.70. The smallest absolute Gasteiger partial charge is 0.236 e. The maximum absolute atomic E-state index is 10.8. The van der Waals surface area contributed by atoms with E-state index in [-0.39, 0.29) is 12.3 Å². The van der Waals surface area contributed by atoms with Crippen molar-refractivity contribution < 1.29 is 14.6 Å². The predicted octanol–water partition coefficient (Wildman–Crippen LogP) is -1.94. The molecule has 4 N–H and O–H groups in total. The van der Waals surface area contributed by atoms with Gasteiger partial charge in [-0.25, -0.2) is 5.84 Å². The monoisotopic (exact) mass is 203 g/mol. The summed E-state index contributed by atoms with van der Waals surface area (Å²) in [6, 6.07) is 0. The van der Waals surface area contributed by atoms with Crippen LogP contribution in [0.5, 0.6) is 0 Å². The van der Waals surface area contributed by atoms with Crippen LogP contribution in [0.3, 0.4) is 0 Å². The van der Waals surface area contributed by atoms with Crippen molar-refractivity contribution in [3.8, 4) is 0 Å². The number of rotatable bonds is 4. The van der Waals surface area contributed by atoms with Crippen molar-refractivity contribution in [3.05, 3.63) is 0 Å². The molecular weight excluding hydrogens is 186 g/mol. The Morgan fingerprint density at radius 1 is 1.57 bits per heavy atom. The van der Waals surface area contributed by atoms with Crippen molar-refractivity contribution in [2.24, 2.45) is 5.84 Å². The molecule has 1 atom stereocenters. The number of hydrazine groups is 1. The second kappa shape index (κ2) is 5.92. The highest BCUT2D eigenvalue weighted by atomic mass is 16.5. The van der Waals surface area contributed by atoms with Gasteiger partial charge in [-0.3, -0.25) is 15.1 Å². The summed E-state index contributed by atoms with van der Waals surface area (Å²) in [6.07, 6.45) is -0.606. The number of aliphatic hydroxyl groups is 1. The second-order valence-electron chi connectivity index (χ2n) is 3.34. The lowest BCUT2D eigenvalue weighted by molar-refractivity contribution is -0.123. The van der Waals surface area contributed by atoms with E-state index in [1.807, 2.05) is 5.43 Å². The molecule has 1 rings (SSSR count). The summed E-state index contributed by atoms with van der Waals surface area (Å²) in [6.45, 7) is 3.49. The van der Waals surface area contributed by atoms with E-state index in [1.54, 1.807) is 0 Å². The minimum atomic E-state index is -0.656. The standard InChI is InChI=1S/C8H17N3O3/c9-10-8(13)5-7(12)6-11-1-3-14-4-2-11/h7,12H,1-6,9H2,(H,10,13)/t7-/m0/s1. The molecule has 82 valence electrons. The second-order valence-corrected chi connectivity index (χ2v) is 3.34. The van der Waals surface area contributed by atoms with Crippen LogP contribution in [0.1, 0.15) is 6.42 Å². The van der Waals surface area contributed by atoms with Gasteiger partial charge in [0.05, 0.1) is 25.7 Å². The number of ether oxygens (including phenoxy) is 1. The third kappa shape index (κ3) is 4.01. The summed E-state index contributed by atoms with van der Waals surface area (Å²) < 4.78 is 5.16. The number of carbonyl (C=O) groups is 1. The summed E-state index contributed by atoms with van der Waals surface area (Å²) in [5.41, 5.74) is 1.99. The van der Waals surface area contributed by atoms with Crippen molar-refractivity contribution in [3.63, 3.8) is 0 Å². The molecule has 0 saturated carbocycles. The maximum atomic E-state index is 10.8. The molecule has 0 aromatic rings. The van der Waals surface area contributed by atoms with Crippen LogP contribution in [-0.2, 0) is 9.53 Å². The fourth-order valence-electron chi connectivity index (χ4n) is 1.42. The van der Waals surface area contributed by atoms with Crippen LogP contribution in [-0.4, -0.2) is 54.9 Å².